The van der Waals surface area contributed by atoms with E-state index in [-0.39, 0.29) is 22.6 Å². The van der Waals surface area contributed by atoms with Crippen LogP contribution in [0.5, 0.6) is 5.75 Å². The quantitative estimate of drug-likeness (QED) is 0.656. The molecule has 5 heteroatoms. The molecule has 1 rings (SSSR count). The smallest absolute Gasteiger partial charge is 0.255 e. The first-order valence-corrected chi connectivity index (χ1v) is 5.93. The molecule has 0 fully saturated rings. The van der Waals surface area contributed by atoms with Gasteiger partial charge in [-0.25, -0.2) is 0 Å². The summed E-state index contributed by atoms with van der Waals surface area (Å²) in [6.45, 7) is 2.17. The van der Waals surface area contributed by atoms with Crippen LogP contribution in [0.2, 0.25) is 0 Å². The first kappa shape index (κ1) is 12.6. The van der Waals surface area contributed by atoms with E-state index in [0.717, 1.165) is 3.57 Å². The van der Waals surface area contributed by atoms with E-state index < -0.39 is 0 Å². The number of hydrogen-bond donors (Lipinski definition) is 2. The third kappa shape index (κ3) is 3.87. The number of benzene rings is 1. The summed E-state index contributed by atoms with van der Waals surface area (Å²) in [5.74, 6) is -0.325. The molecule has 0 bridgehead atoms. The summed E-state index contributed by atoms with van der Waals surface area (Å²) in [6.07, 6.45) is 0. The molecule has 0 aliphatic heterocycles. The lowest BCUT2D eigenvalue weighted by Crippen LogP contribution is -2.28. The normalized spacial score (nSPS) is 12.2. The van der Waals surface area contributed by atoms with Crippen molar-refractivity contribution in [2.45, 2.75) is 12.3 Å². The zero-order valence-corrected chi connectivity index (χ0v) is 11.0. The van der Waals surface area contributed by atoms with E-state index in [0.29, 0.717) is 6.54 Å². The first-order valence-electron chi connectivity index (χ1n) is 4.41. The third-order valence-corrected chi connectivity index (χ3v) is 2.57. The van der Waals surface area contributed by atoms with Crippen molar-refractivity contribution in [3.63, 3.8) is 0 Å². The Bertz CT molecular complexity index is 368. The molecule has 82 valence electrons. The van der Waals surface area contributed by atoms with Crippen LogP contribution in [0, 0.1) is 3.57 Å². The van der Waals surface area contributed by atoms with Crippen LogP contribution in [-0.4, -0.2) is 22.9 Å². The Kier molecular flexibility index (Phi) is 4.66. The van der Waals surface area contributed by atoms with Gasteiger partial charge in [-0.3, -0.25) is 4.79 Å². The number of phenolic OH excluding ortho intramolecular Hbond substituents is 1. The van der Waals surface area contributed by atoms with E-state index >= 15 is 0 Å². The first-order chi connectivity index (χ1) is 7.00. The summed E-state index contributed by atoms with van der Waals surface area (Å²) in [7, 11) is 0. The van der Waals surface area contributed by atoms with Crippen LogP contribution in [0.15, 0.2) is 18.2 Å². The summed E-state index contributed by atoms with van der Waals surface area (Å²) in [4.78, 5) is 11.6. The maximum atomic E-state index is 11.6. The second-order valence-corrected chi connectivity index (χ2v) is 5.14. The number of nitrogens with one attached hydrogen (secondary N) is 1. The molecule has 3 nitrogen and oxygen atoms in total. The molecule has 0 saturated carbocycles. The standard InChI is InChI=1S/C10H11ClINO2/c1-6(11)5-13-10(15)8-4-7(12)2-3-9(8)14/h2-4,6,14H,5H2,1H3,(H,13,15). The Balaban J connectivity index is 2.77. The van der Waals surface area contributed by atoms with Gasteiger partial charge in [0, 0.05) is 15.5 Å². The molecule has 0 aromatic heterocycles. The molecule has 15 heavy (non-hydrogen) atoms. The molecular formula is C10H11ClINO2. The van der Waals surface area contributed by atoms with Gasteiger partial charge in [-0.15, -0.1) is 11.6 Å². The van der Waals surface area contributed by atoms with Gasteiger partial charge in [0.25, 0.3) is 5.91 Å². The molecule has 0 aliphatic carbocycles. The van der Waals surface area contributed by atoms with Crippen molar-refractivity contribution in [3.8, 4) is 5.75 Å². The highest BCUT2D eigenvalue weighted by molar-refractivity contribution is 14.1. The molecule has 0 spiro atoms. The van der Waals surface area contributed by atoms with Crippen LogP contribution >= 0.6 is 34.2 Å². The number of alkyl halides is 1. The van der Waals surface area contributed by atoms with Gasteiger partial charge in [-0.1, -0.05) is 0 Å². The molecule has 0 radical (unpaired) electrons. The lowest BCUT2D eigenvalue weighted by molar-refractivity contribution is 0.0951. The van der Waals surface area contributed by atoms with E-state index in [9.17, 15) is 9.90 Å². The van der Waals surface area contributed by atoms with Crippen LogP contribution in [0.25, 0.3) is 0 Å². The molecule has 2 N–H and O–H groups in total. The van der Waals surface area contributed by atoms with E-state index in [1.165, 1.54) is 6.07 Å². The lowest BCUT2D eigenvalue weighted by Gasteiger charge is -2.08. The molecule has 0 heterocycles. The largest absolute Gasteiger partial charge is 0.507 e. The number of amides is 1. The molecular weight excluding hydrogens is 328 g/mol. The fourth-order valence-corrected chi connectivity index (χ4v) is 1.59. The van der Waals surface area contributed by atoms with Crippen LogP contribution in [0.3, 0.4) is 0 Å². The third-order valence-electron chi connectivity index (χ3n) is 1.75. The maximum absolute atomic E-state index is 11.6. The van der Waals surface area contributed by atoms with Gasteiger partial charge in [-0.05, 0) is 47.7 Å². The van der Waals surface area contributed by atoms with E-state index in [2.05, 4.69) is 27.9 Å². The molecule has 1 aromatic rings. The van der Waals surface area contributed by atoms with Crippen LogP contribution in [0.1, 0.15) is 17.3 Å². The van der Waals surface area contributed by atoms with Crippen molar-refractivity contribution in [2.24, 2.45) is 0 Å². The van der Waals surface area contributed by atoms with Gasteiger partial charge in [0.05, 0.1) is 5.56 Å². The van der Waals surface area contributed by atoms with Crippen molar-refractivity contribution >= 4 is 40.1 Å². The van der Waals surface area contributed by atoms with Gasteiger partial charge in [0.2, 0.25) is 0 Å². The molecule has 1 unspecified atom stereocenters. The van der Waals surface area contributed by atoms with Gasteiger partial charge < -0.3 is 10.4 Å². The van der Waals surface area contributed by atoms with Gasteiger partial charge in [0.15, 0.2) is 0 Å². The second kappa shape index (κ2) is 5.55. The summed E-state index contributed by atoms with van der Waals surface area (Å²) < 4.78 is 0.898. The van der Waals surface area contributed by atoms with Gasteiger partial charge in [0.1, 0.15) is 5.75 Å². The highest BCUT2D eigenvalue weighted by atomic mass is 127. The fraction of sp³-hybridized carbons (Fsp3) is 0.300. The predicted octanol–water partition coefficient (Wildman–Crippen LogP) is 2.35. The molecule has 1 amide bonds. The fourth-order valence-electron chi connectivity index (χ4n) is 1.02. The van der Waals surface area contributed by atoms with Crippen LogP contribution < -0.4 is 5.32 Å². The van der Waals surface area contributed by atoms with Crippen molar-refractivity contribution in [1.29, 1.82) is 0 Å². The zero-order chi connectivity index (χ0) is 11.4. The molecule has 0 aliphatic rings. The topological polar surface area (TPSA) is 49.3 Å². The molecule has 1 aromatic carbocycles. The summed E-state index contributed by atoms with van der Waals surface area (Å²) in [5, 5.41) is 12.0. The predicted molar refractivity (Wildman–Crippen MR) is 68.5 cm³/mol. The number of rotatable bonds is 3. The van der Waals surface area contributed by atoms with Gasteiger partial charge in [-0.2, -0.15) is 0 Å². The molecule has 1 atom stereocenters. The van der Waals surface area contributed by atoms with Crippen LogP contribution in [0.4, 0.5) is 0 Å². The Morgan fingerprint density at radius 1 is 1.67 bits per heavy atom. The minimum absolute atomic E-state index is 0.0184. The maximum Gasteiger partial charge on any atom is 0.255 e. The van der Waals surface area contributed by atoms with Crippen molar-refractivity contribution in [3.05, 3.63) is 27.3 Å². The highest BCUT2D eigenvalue weighted by Gasteiger charge is 2.11. The van der Waals surface area contributed by atoms with Crippen LogP contribution in [-0.2, 0) is 0 Å². The Labute approximate surface area is 107 Å². The van der Waals surface area contributed by atoms with Crippen molar-refractivity contribution in [1.82, 2.24) is 5.32 Å². The monoisotopic (exact) mass is 339 g/mol. The highest BCUT2D eigenvalue weighted by Crippen LogP contribution is 2.19. The SMILES string of the molecule is CC(Cl)CNC(=O)c1cc(I)ccc1O. The average Bonchev–Trinajstić information content (AvgIpc) is 2.18. The number of hydrogen-bond acceptors (Lipinski definition) is 2. The summed E-state index contributed by atoms with van der Waals surface area (Å²) in [5.41, 5.74) is 0.277. The van der Waals surface area contributed by atoms with Gasteiger partial charge >= 0.3 is 0 Å². The second-order valence-electron chi connectivity index (χ2n) is 3.15. The van der Waals surface area contributed by atoms with Crippen molar-refractivity contribution < 1.29 is 9.90 Å². The minimum Gasteiger partial charge on any atom is -0.507 e. The Hall–Kier alpha value is -0.490. The Morgan fingerprint density at radius 3 is 2.93 bits per heavy atom. The summed E-state index contributed by atoms with van der Waals surface area (Å²) >= 11 is 7.78. The van der Waals surface area contributed by atoms with E-state index in [1.54, 1.807) is 19.1 Å². The number of carbonyl (C=O) groups excluding carboxylic acids is 1. The zero-order valence-electron chi connectivity index (χ0n) is 8.13. The van der Waals surface area contributed by atoms with E-state index in [1.807, 2.05) is 0 Å². The summed E-state index contributed by atoms with van der Waals surface area (Å²) in [6, 6.07) is 4.86. The lowest BCUT2D eigenvalue weighted by atomic mass is 10.2. The van der Waals surface area contributed by atoms with E-state index in [4.69, 9.17) is 11.6 Å². The number of aromatic hydroxyl groups is 1. The Morgan fingerprint density at radius 2 is 2.33 bits per heavy atom. The number of phenols is 1. The molecule has 0 saturated heterocycles. The average molecular weight is 340 g/mol. The number of halogens is 2. The number of carbonyl (C=O) groups is 1. The van der Waals surface area contributed by atoms with Crippen molar-refractivity contribution in [2.75, 3.05) is 6.54 Å². The minimum atomic E-state index is -0.307.